The fourth-order valence-corrected chi connectivity index (χ4v) is 3.85. The van der Waals surface area contributed by atoms with Crippen molar-refractivity contribution in [3.05, 3.63) is 48.5 Å². The molecule has 2 aromatic carbocycles. The lowest BCUT2D eigenvalue weighted by molar-refractivity contribution is 0.219. The second-order valence-electron chi connectivity index (χ2n) is 6.79. The SMILES string of the molecule is COc1cccc(-c2ccccc2NC(=O)N2C[C@H]3CNC[C@H]3C2)c1.Cl. The molecule has 0 spiro atoms. The van der Waals surface area contributed by atoms with Crippen LogP contribution in [0.4, 0.5) is 10.5 Å². The highest BCUT2D eigenvalue weighted by Gasteiger charge is 2.38. The van der Waals surface area contributed by atoms with Crippen LogP contribution in [0.15, 0.2) is 48.5 Å². The summed E-state index contributed by atoms with van der Waals surface area (Å²) in [5.74, 6) is 2.00. The maximum Gasteiger partial charge on any atom is 0.321 e. The van der Waals surface area contributed by atoms with Gasteiger partial charge in [-0.15, -0.1) is 12.4 Å². The molecule has 2 aliphatic heterocycles. The number of nitrogens with one attached hydrogen (secondary N) is 2. The van der Waals surface area contributed by atoms with Crippen LogP contribution in [-0.2, 0) is 0 Å². The van der Waals surface area contributed by atoms with Crippen LogP contribution in [0.2, 0.25) is 0 Å². The topological polar surface area (TPSA) is 53.6 Å². The quantitative estimate of drug-likeness (QED) is 0.866. The predicted octanol–water partition coefficient (Wildman–Crippen LogP) is 3.47. The predicted molar refractivity (Wildman–Crippen MR) is 106 cm³/mol. The van der Waals surface area contributed by atoms with E-state index in [1.165, 1.54) is 0 Å². The van der Waals surface area contributed by atoms with Crippen LogP contribution in [0.25, 0.3) is 11.1 Å². The van der Waals surface area contributed by atoms with Crippen molar-refractivity contribution in [1.82, 2.24) is 10.2 Å². The second kappa shape index (κ2) is 7.98. The summed E-state index contributed by atoms with van der Waals surface area (Å²) in [7, 11) is 1.66. The Kier molecular flexibility index (Phi) is 5.69. The Bertz CT molecular complexity index is 771. The van der Waals surface area contributed by atoms with Crippen molar-refractivity contribution >= 4 is 24.1 Å². The lowest BCUT2D eigenvalue weighted by Gasteiger charge is -2.20. The Morgan fingerprint density at radius 1 is 1.12 bits per heavy atom. The average Bonchev–Trinajstić information content (AvgIpc) is 3.24. The molecule has 5 nitrogen and oxygen atoms in total. The molecule has 2 saturated heterocycles. The number of ether oxygens (including phenoxy) is 1. The van der Waals surface area contributed by atoms with Crippen LogP contribution in [-0.4, -0.2) is 44.2 Å². The van der Waals surface area contributed by atoms with E-state index < -0.39 is 0 Å². The van der Waals surface area contributed by atoms with Crippen LogP contribution >= 0.6 is 12.4 Å². The van der Waals surface area contributed by atoms with Gasteiger partial charge in [-0.3, -0.25) is 0 Å². The highest BCUT2D eigenvalue weighted by Crippen LogP contribution is 2.31. The van der Waals surface area contributed by atoms with E-state index in [4.69, 9.17) is 4.74 Å². The molecule has 2 aromatic rings. The van der Waals surface area contributed by atoms with Gasteiger partial charge in [0.05, 0.1) is 12.8 Å². The van der Waals surface area contributed by atoms with Gasteiger partial charge < -0.3 is 20.3 Å². The first-order valence-corrected chi connectivity index (χ1v) is 8.74. The van der Waals surface area contributed by atoms with E-state index in [0.717, 1.165) is 48.7 Å². The Balaban J connectivity index is 0.00000196. The number of rotatable bonds is 3. The van der Waals surface area contributed by atoms with Gasteiger partial charge in [-0.05, 0) is 35.6 Å². The molecule has 138 valence electrons. The first-order chi connectivity index (χ1) is 12.2. The molecule has 2 fully saturated rings. The maximum atomic E-state index is 12.7. The van der Waals surface area contributed by atoms with Crippen LogP contribution < -0.4 is 15.4 Å². The Morgan fingerprint density at radius 3 is 2.58 bits per heavy atom. The molecule has 2 aliphatic rings. The monoisotopic (exact) mass is 373 g/mol. The molecular weight excluding hydrogens is 350 g/mol. The zero-order chi connectivity index (χ0) is 17.2. The van der Waals surface area contributed by atoms with Gasteiger partial charge in [-0.1, -0.05) is 30.3 Å². The summed E-state index contributed by atoms with van der Waals surface area (Å²) >= 11 is 0. The second-order valence-corrected chi connectivity index (χ2v) is 6.79. The zero-order valence-electron chi connectivity index (χ0n) is 14.8. The first-order valence-electron chi connectivity index (χ1n) is 8.74. The number of methoxy groups -OCH3 is 1. The summed E-state index contributed by atoms with van der Waals surface area (Å²) in [4.78, 5) is 14.7. The normalized spacial score (nSPS) is 21.0. The van der Waals surface area contributed by atoms with Crippen molar-refractivity contribution in [2.24, 2.45) is 11.8 Å². The number of halogens is 1. The van der Waals surface area contributed by atoms with Crippen molar-refractivity contribution in [1.29, 1.82) is 0 Å². The molecule has 4 rings (SSSR count). The fraction of sp³-hybridized carbons (Fsp3) is 0.350. The van der Waals surface area contributed by atoms with Crippen LogP contribution in [0.3, 0.4) is 0 Å². The Labute approximate surface area is 160 Å². The number of anilines is 1. The summed E-state index contributed by atoms with van der Waals surface area (Å²) in [6.45, 7) is 3.72. The molecule has 0 radical (unpaired) electrons. The summed E-state index contributed by atoms with van der Waals surface area (Å²) in [6, 6.07) is 15.8. The minimum atomic E-state index is -0.00949. The van der Waals surface area contributed by atoms with Crippen LogP contribution in [0.5, 0.6) is 5.75 Å². The van der Waals surface area contributed by atoms with Gasteiger partial charge in [0.1, 0.15) is 5.75 Å². The fourth-order valence-electron chi connectivity index (χ4n) is 3.85. The van der Waals surface area contributed by atoms with Gasteiger partial charge in [0, 0.05) is 31.7 Å². The van der Waals surface area contributed by atoms with E-state index in [2.05, 4.69) is 10.6 Å². The number of benzene rings is 2. The zero-order valence-corrected chi connectivity index (χ0v) is 15.6. The van der Waals surface area contributed by atoms with Crippen LogP contribution in [0, 0.1) is 11.8 Å². The molecule has 6 heteroatoms. The summed E-state index contributed by atoms with van der Waals surface area (Å²) < 4.78 is 5.32. The molecule has 26 heavy (non-hydrogen) atoms. The van der Waals surface area contributed by atoms with E-state index >= 15 is 0 Å². The number of hydrogen-bond donors (Lipinski definition) is 2. The van der Waals surface area contributed by atoms with Gasteiger partial charge in [0.2, 0.25) is 0 Å². The van der Waals surface area contributed by atoms with Crippen LogP contribution in [0.1, 0.15) is 0 Å². The van der Waals surface area contributed by atoms with E-state index in [0.29, 0.717) is 11.8 Å². The summed E-state index contributed by atoms with van der Waals surface area (Å²) in [6.07, 6.45) is 0. The number of likely N-dealkylation sites (tertiary alicyclic amines) is 1. The number of hydrogen-bond acceptors (Lipinski definition) is 3. The van der Waals surface area contributed by atoms with E-state index in [1.54, 1.807) is 7.11 Å². The number of carbonyl (C=O) groups is 1. The number of fused-ring (bicyclic) bond motifs is 1. The van der Waals surface area contributed by atoms with Gasteiger partial charge in [0.15, 0.2) is 0 Å². The molecule has 2 atom stereocenters. The molecule has 0 bridgehead atoms. The van der Waals surface area contributed by atoms with Gasteiger partial charge >= 0.3 is 6.03 Å². The number of urea groups is 1. The van der Waals surface area contributed by atoms with E-state index in [9.17, 15) is 4.79 Å². The molecule has 2 N–H and O–H groups in total. The Morgan fingerprint density at radius 2 is 1.85 bits per heavy atom. The number of carbonyl (C=O) groups excluding carboxylic acids is 1. The van der Waals surface area contributed by atoms with Gasteiger partial charge in [-0.25, -0.2) is 4.79 Å². The van der Waals surface area contributed by atoms with E-state index in [-0.39, 0.29) is 18.4 Å². The number of amides is 2. The third kappa shape index (κ3) is 3.64. The standard InChI is InChI=1S/C20H23N3O2.ClH/c1-25-17-6-4-5-14(9-17)18-7-2-3-8-19(18)22-20(24)23-12-15-10-21-11-16(15)13-23;/h2-9,15-16,21H,10-13H2,1H3,(H,22,24);1H/t15-,16+;. The molecular formula is C20H24ClN3O2. The third-order valence-electron chi connectivity index (χ3n) is 5.23. The lowest BCUT2D eigenvalue weighted by Crippen LogP contribution is -2.35. The molecule has 2 heterocycles. The lowest BCUT2D eigenvalue weighted by atomic mass is 10.0. The smallest absolute Gasteiger partial charge is 0.321 e. The molecule has 0 aromatic heterocycles. The highest BCUT2D eigenvalue weighted by atomic mass is 35.5. The van der Waals surface area contributed by atoms with Crippen molar-refractivity contribution in [2.75, 3.05) is 38.6 Å². The molecule has 0 unspecified atom stereocenters. The highest BCUT2D eigenvalue weighted by molar-refractivity contribution is 5.94. The number of para-hydroxylation sites is 1. The van der Waals surface area contributed by atoms with Crippen molar-refractivity contribution in [3.63, 3.8) is 0 Å². The largest absolute Gasteiger partial charge is 0.497 e. The molecule has 0 aliphatic carbocycles. The number of nitrogens with zero attached hydrogens (tertiary/aromatic N) is 1. The van der Waals surface area contributed by atoms with Gasteiger partial charge in [0.25, 0.3) is 0 Å². The molecule has 0 saturated carbocycles. The minimum absolute atomic E-state index is 0. The summed E-state index contributed by atoms with van der Waals surface area (Å²) in [5, 5.41) is 6.51. The van der Waals surface area contributed by atoms with Crippen molar-refractivity contribution < 1.29 is 9.53 Å². The minimum Gasteiger partial charge on any atom is -0.497 e. The van der Waals surface area contributed by atoms with Crippen molar-refractivity contribution in [2.45, 2.75) is 0 Å². The third-order valence-corrected chi connectivity index (χ3v) is 5.23. The first kappa shape index (κ1) is 18.5. The Hall–Kier alpha value is -2.24. The maximum absolute atomic E-state index is 12.7. The van der Waals surface area contributed by atoms with E-state index in [1.807, 2.05) is 53.4 Å². The summed E-state index contributed by atoms with van der Waals surface area (Å²) in [5.41, 5.74) is 2.85. The average molecular weight is 374 g/mol. The molecule has 2 amide bonds. The van der Waals surface area contributed by atoms with Gasteiger partial charge in [-0.2, -0.15) is 0 Å². The van der Waals surface area contributed by atoms with Crippen molar-refractivity contribution in [3.8, 4) is 16.9 Å².